The van der Waals surface area contributed by atoms with E-state index in [4.69, 9.17) is 4.98 Å². The van der Waals surface area contributed by atoms with Crippen LogP contribution in [-0.2, 0) is 27.2 Å². The van der Waals surface area contributed by atoms with Crippen molar-refractivity contribution in [3.05, 3.63) is 99.5 Å². The Balaban J connectivity index is 1.73. The van der Waals surface area contributed by atoms with Crippen molar-refractivity contribution < 1.29 is 30.8 Å². The molecule has 8 nitrogen and oxygen atoms in total. The van der Waals surface area contributed by atoms with Gasteiger partial charge in [0.2, 0.25) is 0 Å². The molecule has 0 radical (unpaired) electrons. The predicted octanol–water partition coefficient (Wildman–Crippen LogP) is 6.12. The third-order valence-corrected chi connectivity index (χ3v) is 8.81. The second-order valence-corrected chi connectivity index (χ2v) is 13.6. The highest BCUT2D eigenvalue weighted by Gasteiger charge is 2.34. The molecule has 0 saturated heterocycles. The van der Waals surface area contributed by atoms with Crippen molar-refractivity contribution in [1.29, 1.82) is 0 Å². The number of carbonyl (C=O) groups excluding carboxylic acids is 1. The normalized spacial score (nSPS) is 13.7. The van der Waals surface area contributed by atoms with Crippen LogP contribution in [0.25, 0.3) is 16.7 Å². The lowest BCUT2D eigenvalue weighted by molar-refractivity contribution is -0.140. The molecule has 0 N–H and O–H groups in total. The van der Waals surface area contributed by atoms with Gasteiger partial charge in [0.1, 0.15) is 27.3 Å². The molecule has 2 heterocycles. The minimum absolute atomic E-state index is 0.0165. The number of carbonyl (C=O) groups is 1. The number of ketones is 1. The Labute approximate surface area is 264 Å². The zero-order valence-corrected chi connectivity index (χ0v) is 26.4. The summed E-state index contributed by atoms with van der Waals surface area (Å²) in [4.78, 5) is 40.2. The van der Waals surface area contributed by atoms with Gasteiger partial charge in [-0.3, -0.25) is 19.1 Å². The van der Waals surface area contributed by atoms with Gasteiger partial charge in [-0.2, -0.15) is 13.2 Å². The fourth-order valence-corrected chi connectivity index (χ4v) is 6.18. The topological polar surface area (TPSA) is 111 Å². The van der Waals surface area contributed by atoms with Gasteiger partial charge in [-0.15, -0.1) is 0 Å². The number of fused-ring (bicyclic) bond motifs is 1. The maximum absolute atomic E-state index is 13.9. The van der Waals surface area contributed by atoms with Crippen LogP contribution in [0.3, 0.4) is 0 Å². The highest BCUT2D eigenvalue weighted by atomic mass is 32.2. The molecule has 0 aliphatic rings. The minimum atomic E-state index is -4.92. The van der Waals surface area contributed by atoms with Crippen molar-refractivity contribution in [2.24, 2.45) is 10.9 Å². The molecule has 0 bridgehead atoms. The predicted molar refractivity (Wildman–Crippen MR) is 169 cm³/mol. The lowest BCUT2D eigenvalue weighted by Gasteiger charge is -2.26. The summed E-state index contributed by atoms with van der Waals surface area (Å²) in [5, 5.41) is 0.287. The molecule has 0 saturated carbocycles. The smallest absolute Gasteiger partial charge is 0.299 e. The van der Waals surface area contributed by atoms with Gasteiger partial charge in [0.25, 0.3) is 5.56 Å². The van der Waals surface area contributed by atoms with E-state index in [0.717, 1.165) is 17.9 Å². The highest BCUT2D eigenvalue weighted by molar-refractivity contribution is 7.90. The molecule has 4 aromatic rings. The maximum atomic E-state index is 13.9. The summed E-state index contributed by atoms with van der Waals surface area (Å²) in [6.45, 7) is 1.80. The first kappa shape index (κ1) is 34.6. The van der Waals surface area contributed by atoms with Crippen LogP contribution >= 0.6 is 0 Å². The van der Waals surface area contributed by atoms with Crippen molar-refractivity contribution in [2.45, 2.75) is 51.1 Å². The summed E-state index contributed by atoms with van der Waals surface area (Å²) in [5.74, 6) is -2.55. The van der Waals surface area contributed by atoms with Crippen molar-refractivity contribution in [2.75, 3.05) is 19.1 Å². The largest absolute Gasteiger partial charge is 0.419 e. The van der Waals surface area contributed by atoms with Crippen molar-refractivity contribution in [3.63, 3.8) is 0 Å². The number of hydrogen-bond donors (Lipinski definition) is 0. The van der Waals surface area contributed by atoms with Gasteiger partial charge in [-0.1, -0.05) is 31.5 Å². The first-order valence-corrected chi connectivity index (χ1v) is 16.7. The molecule has 4 rings (SSSR count). The molecule has 0 unspecified atom stereocenters. The molecule has 0 aliphatic carbocycles. The monoisotopic (exact) mass is 658 g/mol. The van der Waals surface area contributed by atoms with E-state index in [1.165, 1.54) is 10.8 Å². The molecule has 0 spiro atoms. The average molecular weight is 659 g/mol. The number of halogens is 4. The SMILES string of the molecule is CN=Cc1ccc(-n2c([C@@H](C)[C@@H](CCCCS(C)(=O)=O)CC(=O)Cc3ccc(F)c(C(F)(F)F)c3)nc3ncccc3c2=O)cc1. The van der Waals surface area contributed by atoms with Gasteiger partial charge < -0.3 is 0 Å². The van der Waals surface area contributed by atoms with E-state index in [0.29, 0.717) is 42.9 Å². The van der Waals surface area contributed by atoms with Crippen LogP contribution in [0.2, 0.25) is 0 Å². The number of Topliss-reactive ketones (excluding diaryl/α,β-unsaturated/α-hetero) is 1. The number of aromatic nitrogens is 3. The van der Waals surface area contributed by atoms with Crippen LogP contribution < -0.4 is 5.56 Å². The van der Waals surface area contributed by atoms with E-state index in [1.54, 1.807) is 56.6 Å². The van der Waals surface area contributed by atoms with Gasteiger partial charge in [-0.05, 0) is 66.3 Å². The Morgan fingerprint density at radius 3 is 2.46 bits per heavy atom. The average Bonchev–Trinajstić information content (AvgIpc) is 2.99. The molecule has 244 valence electrons. The Morgan fingerprint density at radius 2 is 1.80 bits per heavy atom. The highest BCUT2D eigenvalue weighted by Crippen LogP contribution is 2.34. The fraction of sp³-hybridized carbons (Fsp3) is 0.364. The molecule has 2 aromatic carbocycles. The lowest BCUT2D eigenvalue weighted by Crippen LogP contribution is -2.28. The molecular weight excluding hydrogens is 624 g/mol. The molecule has 13 heteroatoms. The van der Waals surface area contributed by atoms with Gasteiger partial charge in [0.05, 0.1) is 16.6 Å². The van der Waals surface area contributed by atoms with Crippen LogP contribution in [0, 0.1) is 11.7 Å². The number of nitrogens with zero attached hydrogens (tertiary/aromatic N) is 4. The lowest BCUT2D eigenvalue weighted by atomic mass is 9.83. The summed E-state index contributed by atoms with van der Waals surface area (Å²) < 4.78 is 78.7. The molecule has 0 aliphatic heterocycles. The van der Waals surface area contributed by atoms with Crippen molar-refractivity contribution in [3.8, 4) is 5.69 Å². The first-order chi connectivity index (χ1) is 21.7. The van der Waals surface area contributed by atoms with Crippen LogP contribution in [-0.4, -0.2) is 54.0 Å². The van der Waals surface area contributed by atoms with E-state index in [2.05, 4.69) is 9.98 Å². The second kappa shape index (κ2) is 14.4. The van der Waals surface area contributed by atoms with Gasteiger partial charge in [-0.25, -0.2) is 22.8 Å². The summed E-state index contributed by atoms with van der Waals surface area (Å²) in [5.41, 5.74) is -0.252. The van der Waals surface area contributed by atoms with Crippen molar-refractivity contribution >= 4 is 32.9 Å². The zero-order chi connectivity index (χ0) is 33.6. The third-order valence-electron chi connectivity index (χ3n) is 7.78. The fourth-order valence-electron chi connectivity index (χ4n) is 5.45. The third kappa shape index (κ3) is 8.71. The Morgan fingerprint density at radius 1 is 1.09 bits per heavy atom. The number of aliphatic imine (C=N–C) groups is 1. The summed E-state index contributed by atoms with van der Waals surface area (Å²) in [7, 11) is -1.58. The quantitative estimate of drug-likeness (QED) is 0.0972. The Bertz CT molecular complexity index is 1910. The van der Waals surface area contributed by atoms with Crippen LogP contribution in [0.5, 0.6) is 0 Å². The molecule has 2 atom stereocenters. The summed E-state index contributed by atoms with van der Waals surface area (Å²) >= 11 is 0. The van der Waals surface area contributed by atoms with E-state index in [1.807, 2.05) is 0 Å². The zero-order valence-electron chi connectivity index (χ0n) is 25.6. The van der Waals surface area contributed by atoms with E-state index >= 15 is 0 Å². The number of sulfone groups is 1. The summed E-state index contributed by atoms with van der Waals surface area (Å²) in [6.07, 6.45) is 0.0798. The van der Waals surface area contributed by atoms with E-state index < -0.39 is 45.0 Å². The summed E-state index contributed by atoms with van der Waals surface area (Å²) in [6, 6.07) is 12.8. The van der Waals surface area contributed by atoms with E-state index in [9.17, 15) is 35.6 Å². The Kier molecular flexibility index (Phi) is 10.9. The number of unbranched alkanes of at least 4 members (excludes halogenated alkanes) is 1. The maximum Gasteiger partial charge on any atom is 0.419 e. The molecule has 2 aromatic heterocycles. The second-order valence-electron chi connectivity index (χ2n) is 11.4. The number of alkyl halides is 3. The van der Waals surface area contributed by atoms with Crippen LogP contribution in [0.1, 0.15) is 61.0 Å². The number of hydrogen-bond acceptors (Lipinski definition) is 7. The van der Waals surface area contributed by atoms with Gasteiger partial charge in [0.15, 0.2) is 5.65 Å². The number of pyridine rings is 1. The molecule has 0 fully saturated rings. The van der Waals surface area contributed by atoms with Crippen LogP contribution in [0.4, 0.5) is 17.6 Å². The minimum Gasteiger partial charge on any atom is -0.299 e. The van der Waals surface area contributed by atoms with Gasteiger partial charge in [0, 0.05) is 50.2 Å². The molecular formula is C33H34F4N4O4S. The number of rotatable bonds is 13. The first-order valence-electron chi connectivity index (χ1n) is 14.6. The Hall–Kier alpha value is -4.26. The number of benzene rings is 2. The standard InChI is InChI=1S/C33H34F4N4O4S/c1-21(31-40-30-27(8-6-15-39-30)32(43)41(31)25-12-9-22(10-13-25)20-38-2)24(7-4-5-16-46(3,44)45)19-26(42)17-23-11-14-29(34)28(18-23)33(35,36)37/h6,8-15,18,20-21,24H,4-5,7,16-17,19H2,1-3H3/t21-,24-/m0/s1. The molecule has 46 heavy (non-hydrogen) atoms. The van der Waals surface area contributed by atoms with Gasteiger partial charge >= 0.3 is 6.18 Å². The van der Waals surface area contributed by atoms with Crippen LogP contribution in [0.15, 0.2) is 70.6 Å². The molecule has 0 amide bonds. The van der Waals surface area contributed by atoms with E-state index in [-0.39, 0.29) is 40.8 Å². The van der Waals surface area contributed by atoms with Crippen molar-refractivity contribution in [1.82, 2.24) is 14.5 Å².